The Hall–Kier alpha value is -1.07. The van der Waals surface area contributed by atoms with E-state index < -0.39 is 10.0 Å². The lowest BCUT2D eigenvalue weighted by Crippen LogP contribution is -2.18. The summed E-state index contributed by atoms with van der Waals surface area (Å²) in [5, 5.41) is 4.24. The summed E-state index contributed by atoms with van der Waals surface area (Å²) in [6.07, 6.45) is 6.93. The summed E-state index contributed by atoms with van der Waals surface area (Å²) in [6.45, 7) is 2.15. The molecule has 0 aromatic heterocycles. The zero-order valence-electron chi connectivity index (χ0n) is 11.0. The monoisotopic (exact) mass is 302 g/mol. The van der Waals surface area contributed by atoms with Crippen LogP contribution in [0.15, 0.2) is 34.3 Å². The molecule has 0 saturated carbocycles. The molecule has 0 spiro atoms. The van der Waals surface area contributed by atoms with E-state index in [1.807, 2.05) is 0 Å². The van der Waals surface area contributed by atoms with E-state index in [4.69, 9.17) is 11.6 Å². The van der Waals surface area contributed by atoms with Crippen molar-refractivity contribution in [1.82, 2.24) is 4.83 Å². The molecule has 0 aliphatic carbocycles. The van der Waals surface area contributed by atoms with Gasteiger partial charge in [0.25, 0.3) is 10.0 Å². The highest BCUT2D eigenvalue weighted by Gasteiger charge is 2.11. The minimum atomic E-state index is -3.58. The van der Waals surface area contributed by atoms with Crippen molar-refractivity contribution in [1.29, 1.82) is 0 Å². The lowest BCUT2D eigenvalue weighted by atomic mass is 10.2. The van der Waals surface area contributed by atoms with Crippen molar-refractivity contribution >= 4 is 27.8 Å². The summed E-state index contributed by atoms with van der Waals surface area (Å²) < 4.78 is 23.6. The molecular formula is C13H19ClN2O2S. The number of halogens is 1. The first-order chi connectivity index (χ1) is 9.06. The van der Waals surface area contributed by atoms with Gasteiger partial charge in [0.15, 0.2) is 0 Å². The molecule has 0 atom stereocenters. The van der Waals surface area contributed by atoms with E-state index >= 15 is 0 Å². The molecule has 1 aromatic rings. The Morgan fingerprint density at radius 1 is 1.21 bits per heavy atom. The molecule has 1 aromatic carbocycles. The van der Waals surface area contributed by atoms with Gasteiger partial charge in [-0.25, -0.2) is 4.83 Å². The highest BCUT2D eigenvalue weighted by atomic mass is 35.5. The van der Waals surface area contributed by atoms with E-state index in [0.717, 1.165) is 19.3 Å². The fourth-order valence-corrected chi connectivity index (χ4v) is 2.44. The minimum absolute atomic E-state index is 0.153. The predicted molar refractivity (Wildman–Crippen MR) is 79.0 cm³/mol. The second kappa shape index (κ2) is 8.17. The van der Waals surface area contributed by atoms with Crippen molar-refractivity contribution in [2.75, 3.05) is 0 Å². The molecule has 0 bridgehead atoms. The van der Waals surface area contributed by atoms with Crippen molar-refractivity contribution in [2.24, 2.45) is 5.10 Å². The molecule has 0 fully saturated rings. The first-order valence-corrected chi connectivity index (χ1v) is 8.21. The van der Waals surface area contributed by atoms with Gasteiger partial charge in [0.2, 0.25) is 0 Å². The largest absolute Gasteiger partial charge is 0.276 e. The average Bonchev–Trinajstić information content (AvgIpc) is 2.38. The van der Waals surface area contributed by atoms with Crippen LogP contribution in [-0.2, 0) is 10.0 Å². The summed E-state index contributed by atoms with van der Waals surface area (Å²) in [5.74, 6) is 0. The number of sulfonamides is 1. The van der Waals surface area contributed by atoms with Gasteiger partial charge in [0.1, 0.15) is 0 Å². The van der Waals surface area contributed by atoms with Gasteiger partial charge in [-0.05, 0) is 37.1 Å². The summed E-state index contributed by atoms with van der Waals surface area (Å²) in [4.78, 5) is 2.34. The van der Waals surface area contributed by atoms with E-state index in [9.17, 15) is 8.42 Å². The molecule has 0 aliphatic rings. The number of nitrogens with zero attached hydrogens (tertiary/aromatic N) is 1. The van der Waals surface area contributed by atoms with Gasteiger partial charge in [0.05, 0.1) is 4.90 Å². The summed E-state index contributed by atoms with van der Waals surface area (Å²) >= 11 is 5.70. The van der Waals surface area contributed by atoms with E-state index in [-0.39, 0.29) is 4.90 Å². The van der Waals surface area contributed by atoms with Crippen molar-refractivity contribution in [2.45, 2.75) is 43.9 Å². The van der Waals surface area contributed by atoms with Crippen molar-refractivity contribution in [3.63, 3.8) is 0 Å². The number of hydrazone groups is 1. The molecule has 19 heavy (non-hydrogen) atoms. The van der Waals surface area contributed by atoms with E-state index in [1.54, 1.807) is 6.21 Å². The standard InChI is InChI=1S/C13H19ClN2O2S/c1-2-3-4-5-6-11-15-16-19(17,18)13-9-7-12(14)8-10-13/h7-11,16H,2-6H2,1H3/b15-11+. The van der Waals surface area contributed by atoms with Crippen LogP contribution in [0.1, 0.15) is 39.0 Å². The van der Waals surface area contributed by atoms with Crippen LogP contribution in [-0.4, -0.2) is 14.6 Å². The SMILES string of the molecule is CCCCCC/C=N/NS(=O)(=O)c1ccc(Cl)cc1. The Morgan fingerprint density at radius 3 is 2.53 bits per heavy atom. The lowest BCUT2D eigenvalue weighted by Gasteiger charge is -2.02. The maximum absolute atomic E-state index is 11.8. The van der Waals surface area contributed by atoms with Crippen LogP contribution in [0, 0.1) is 0 Å². The van der Waals surface area contributed by atoms with Gasteiger partial charge < -0.3 is 0 Å². The van der Waals surface area contributed by atoms with Crippen LogP contribution in [0.3, 0.4) is 0 Å². The van der Waals surface area contributed by atoms with Gasteiger partial charge in [0, 0.05) is 11.2 Å². The van der Waals surface area contributed by atoms with Gasteiger partial charge in [-0.1, -0.05) is 37.8 Å². The van der Waals surface area contributed by atoms with Gasteiger partial charge in [-0.15, -0.1) is 0 Å². The fourth-order valence-electron chi connectivity index (χ4n) is 1.50. The Morgan fingerprint density at radius 2 is 1.89 bits per heavy atom. The number of benzene rings is 1. The summed E-state index contributed by atoms with van der Waals surface area (Å²) in [7, 11) is -3.58. The van der Waals surface area contributed by atoms with Crippen LogP contribution in [0.2, 0.25) is 5.02 Å². The quantitative estimate of drug-likeness (QED) is 0.453. The Balaban J connectivity index is 2.43. The predicted octanol–water partition coefficient (Wildman–Crippen LogP) is 3.57. The minimum Gasteiger partial charge on any atom is -0.200 e. The second-order valence-corrected chi connectivity index (χ2v) is 6.31. The van der Waals surface area contributed by atoms with Gasteiger partial charge >= 0.3 is 0 Å². The van der Waals surface area contributed by atoms with E-state index in [2.05, 4.69) is 16.9 Å². The van der Waals surface area contributed by atoms with Gasteiger partial charge in [-0.3, -0.25) is 0 Å². The molecule has 6 heteroatoms. The molecule has 106 valence electrons. The highest BCUT2D eigenvalue weighted by molar-refractivity contribution is 7.89. The first kappa shape index (κ1) is 16.0. The van der Waals surface area contributed by atoms with Crippen molar-refractivity contribution in [3.8, 4) is 0 Å². The van der Waals surface area contributed by atoms with Crippen molar-refractivity contribution in [3.05, 3.63) is 29.3 Å². The molecule has 1 rings (SSSR count). The maximum Gasteiger partial charge on any atom is 0.276 e. The van der Waals surface area contributed by atoms with Crippen LogP contribution in [0.25, 0.3) is 0 Å². The second-order valence-electron chi connectivity index (χ2n) is 4.21. The van der Waals surface area contributed by atoms with Crippen LogP contribution in [0.5, 0.6) is 0 Å². The fraction of sp³-hybridized carbons (Fsp3) is 0.462. The Bertz CT molecular complexity index is 498. The first-order valence-electron chi connectivity index (χ1n) is 6.35. The number of unbranched alkanes of at least 4 members (excludes halogenated alkanes) is 4. The Labute approximate surface area is 119 Å². The molecule has 0 heterocycles. The molecule has 0 unspecified atom stereocenters. The topological polar surface area (TPSA) is 58.5 Å². The summed E-state index contributed by atoms with van der Waals surface area (Å²) in [6, 6.07) is 5.96. The van der Waals surface area contributed by atoms with Crippen LogP contribution in [0.4, 0.5) is 0 Å². The molecular weight excluding hydrogens is 284 g/mol. The summed E-state index contributed by atoms with van der Waals surface area (Å²) in [5.41, 5.74) is 0. The molecule has 0 aliphatic heterocycles. The normalized spacial score (nSPS) is 11.9. The zero-order chi connectivity index (χ0) is 14.1. The smallest absolute Gasteiger partial charge is 0.200 e. The molecule has 0 amide bonds. The number of hydrogen-bond acceptors (Lipinski definition) is 3. The number of nitrogens with one attached hydrogen (secondary N) is 1. The van der Waals surface area contributed by atoms with E-state index in [1.165, 1.54) is 37.1 Å². The average molecular weight is 303 g/mol. The number of rotatable bonds is 8. The molecule has 0 saturated heterocycles. The molecule has 0 radical (unpaired) electrons. The van der Waals surface area contributed by atoms with Crippen LogP contribution < -0.4 is 4.83 Å². The third-order valence-electron chi connectivity index (χ3n) is 2.57. The van der Waals surface area contributed by atoms with Crippen LogP contribution >= 0.6 is 11.6 Å². The van der Waals surface area contributed by atoms with Crippen molar-refractivity contribution < 1.29 is 8.42 Å². The molecule has 1 N–H and O–H groups in total. The number of hydrogen-bond donors (Lipinski definition) is 1. The molecule has 4 nitrogen and oxygen atoms in total. The van der Waals surface area contributed by atoms with E-state index in [0.29, 0.717) is 5.02 Å². The Kier molecular flexibility index (Phi) is 6.87. The highest BCUT2D eigenvalue weighted by Crippen LogP contribution is 2.13. The third kappa shape index (κ3) is 6.07. The zero-order valence-corrected chi connectivity index (χ0v) is 12.5. The van der Waals surface area contributed by atoms with Gasteiger partial charge in [-0.2, -0.15) is 13.5 Å². The maximum atomic E-state index is 11.8. The lowest BCUT2D eigenvalue weighted by molar-refractivity contribution is 0.584. The third-order valence-corrected chi connectivity index (χ3v) is 4.07.